The molecule has 0 aromatic carbocycles. The van der Waals surface area contributed by atoms with Crippen molar-refractivity contribution in [1.82, 2.24) is 0 Å². The molecule has 41 heavy (non-hydrogen) atoms. The molecule has 9 unspecified atom stereocenters. The molecule has 3 rings (SSSR count). The SMILES string of the molecule is CCCC(=O)OC1CC(OC(C)=O)C2(C)C(OC(=O)CCC)CC/C(C)=C\C3OC3(C(C)C(=O)OC)C(=O)C2C1C. The molecule has 0 spiro atoms. The number of methoxy groups -OCH3 is 1. The van der Waals surface area contributed by atoms with Crippen LogP contribution in [0.2, 0.25) is 0 Å². The minimum absolute atomic E-state index is 0.136. The molecular weight excluding hydrogens is 532 g/mol. The number of allylic oxidation sites excluding steroid dienone is 1. The minimum Gasteiger partial charge on any atom is -0.469 e. The molecular formula is C31H46O10. The van der Waals surface area contributed by atoms with Crippen molar-refractivity contribution in [3.05, 3.63) is 11.6 Å². The summed E-state index contributed by atoms with van der Waals surface area (Å²) >= 11 is 0. The Balaban J connectivity index is 2.24. The highest BCUT2D eigenvalue weighted by Crippen LogP contribution is 2.58. The zero-order valence-corrected chi connectivity index (χ0v) is 25.7. The minimum atomic E-state index is -1.53. The van der Waals surface area contributed by atoms with E-state index < -0.39 is 77.1 Å². The average Bonchev–Trinajstić information content (AvgIpc) is 3.62. The number of rotatable bonds is 9. The van der Waals surface area contributed by atoms with Gasteiger partial charge in [-0.25, -0.2) is 0 Å². The predicted molar refractivity (Wildman–Crippen MR) is 147 cm³/mol. The van der Waals surface area contributed by atoms with Gasteiger partial charge in [0.15, 0.2) is 11.4 Å². The van der Waals surface area contributed by atoms with E-state index in [0.29, 0.717) is 25.7 Å². The Morgan fingerprint density at radius 2 is 1.66 bits per heavy atom. The number of fused-ring (bicyclic) bond motifs is 2. The van der Waals surface area contributed by atoms with Crippen molar-refractivity contribution >= 4 is 29.7 Å². The number of ketones is 1. The first-order valence-corrected chi connectivity index (χ1v) is 14.8. The van der Waals surface area contributed by atoms with E-state index in [1.165, 1.54) is 14.0 Å². The first-order chi connectivity index (χ1) is 19.3. The van der Waals surface area contributed by atoms with Gasteiger partial charge in [0, 0.05) is 38.0 Å². The van der Waals surface area contributed by atoms with Crippen molar-refractivity contribution < 1.29 is 47.7 Å². The summed E-state index contributed by atoms with van der Waals surface area (Å²) in [5.41, 5.74) is -1.82. The predicted octanol–water partition coefficient (Wildman–Crippen LogP) is 4.26. The van der Waals surface area contributed by atoms with Crippen LogP contribution < -0.4 is 0 Å². The maximum absolute atomic E-state index is 14.9. The highest BCUT2D eigenvalue weighted by atomic mass is 16.6. The summed E-state index contributed by atoms with van der Waals surface area (Å²) < 4.78 is 29.0. The molecule has 0 radical (unpaired) electrons. The van der Waals surface area contributed by atoms with E-state index in [2.05, 4.69) is 0 Å². The second kappa shape index (κ2) is 13.0. The van der Waals surface area contributed by atoms with Crippen molar-refractivity contribution in [2.24, 2.45) is 23.2 Å². The van der Waals surface area contributed by atoms with Gasteiger partial charge in [0.25, 0.3) is 0 Å². The van der Waals surface area contributed by atoms with Crippen LogP contribution in [0.25, 0.3) is 0 Å². The van der Waals surface area contributed by atoms with Gasteiger partial charge >= 0.3 is 23.9 Å². The van der Waals surface area contributed by atoms with Gasteiger partial charge in [-0.05, 0) is 39.5 Å². The van der Waals surface area contributed by atoms with Gasteiger partial charge in [-0.1, -0.05) is 39.3 Å². The van der Waals surface area contributed by atoms with Crippen LogP contribution in [0.1, 0.15) is 93.4 Å². The highest BCUT2D eigenvalue weighted by molar-refractivity contribution is 5.98. The lowest BCUT2D eigenvalue weighted by Gasteiger charge is -2.54. The van der Waals surface area contributed by atoms with Gasteiger partial charge in [-0.2, -0.15) is 0 Å². The molecule has 0 aromatic heterocycles. The molecule has 230 valence electrons. The van der Waals surface area contributed by atoms with E-state index in [0.717, 1.165) is 5.57 Å². The number of epoxide rings is 1. The number of ether oxygens (including phenoxy) is 5. The molecule has 1 aliphatic heterocycles. The van der Waals surface area contributed by atoms with Crippen molar-refractivity contribution in [2.45, 2.75) is 123 Å². The van der Waals surface area contributed by atoms with E-state index in [4.69, 9.17) is 23.7 Å². The van der Waals surface area contributed by atoms with Gasteiger partial charge in [0.05, 0.1) is 18.4 Å². The maximum atomic E-state index is 14.9. The molecule has 3 aliphatic rings. The molecule has 10 nitrogen and oxygen atoms in total. The number of carbonyl (C=O) groups is 5. The topological polar surface area (TPSA) is 135 Å². The van der Waals surface area contributed by atoms with Gasteiger partial charge in [-0.3, -0.25) is 24.0 Å². The molecule has 2 fully saturated rings. The average molecular weight is 579 g/mol. The molecule has 0 N–H and O–H groups in total. The third-order valence-corrected chi connectivity index (χ3v) is 9.18. The Morgan fingerprint density at radius 3 is 2.22 bits per heavy atom. The second-order valence-electron chi connectivity index (χ2n) is 12.0. The molecule has 1 saturated heterocycles. The van der Waals surface area contributed by atoms with E-state index in [9.17, 15) is 24.0 Å². The molecule has 9 atom stereocenters. The fourth-order valence-electron chi connectivity index (χ4n) is 6.86. The second-order valence-corrected chi connectivity index (χ2v) is 12.0. The Hall–Kier alpha value is -2.75. The van der Waals surface area contributed by atoms with Crippen molar-refractivity contribution in [1.29, 1.82) is 0 Å². The number of hydrogen-bond acceptors (Lipinski definition) is 10. The van der Waals surface area contributed by atoms with Crippen LogP contribution >= 0.6 is 0 Å². The fourth-order valence-corrected chi connectivity index (χ4v) is 6.86. The highest BCUT2D eigenvalue weighted by Gasteiger charge is 2.72. The Labute approximate surface area is 242 Å². The van der Waals surface area contributed by atoms with Crippen molar-refractivity contribution in [3.63, 3.8) is 0 Å². The molecule has 1 saturated carbocycles. The summed E-state index contributed by atoms with van der Waals surface area (Å²) in [6.07, 6.45) is 1.32. The van der Waals surface area contributed by atoms with E-state index in [-0.39, 0.29) is 25.0 Å². The van der Waals surface area contributed by atoms with Crippen LogP contribution in [0.15, 0.2) is 11.6 Å². The van der Waals surface area contributed by atoms with Gasteiger partial charge in [-0.15, -0.1) is 0 Å². The summed E-state index contributed by atoms with van der Waals surface area (Å²) in [6, 6.07) is 0. The van der Waals surface area contributed by atoms with Crippen molar-refractivity contribution in [3.8, 4) is 0 Å². The number of esters is 4. The smallest absolute Gasteiger partial charge is 0.311 e. The van der Waals surface area contributed by atoms with Crippen LogP contribution in [0.5, 0.6) is 0 Å². The molecule has 1 heterocycles. The fraction of sp³-hybridized carbons (Fsp3) is 0.774. The first-order valence-electron chi connectivity index (χ1n) is 14.8. The zero-order chi connectivity index (χ0) is 30.7. The lowest BCUT2D eigenvalue weighted by atomic mass is 9.53. The first kappa shape index (κ1) is 32.8. The largest absolute Gasteiger partial charge is 0.469 e. The third-order valence-electron chi connectivity index (χ3n) is 9.18. The zero-order valence-electron chi connectivity index (χ0n) is 25.7. The summed E-state index contributed by atoms with van der Waals surface area (Å²) in [6.45, 7) is 12.2. The van der Waals surface area contributed by atoms with E-state index in [1.807, 2.05) is 40.7 Å². The van der Waals surface area contributed by atoms with E-state index >= 15 is 0 Å². The Kier molecular flexibility index (Phi) is 10.4. The number of hydrogen-bond donors (Lipinski definition) is 0. The molecule has 0 bridgehead atoms. The normalized spacial score (nSPS) is 36.8. The Morgan fingerprint density at radius 1 is 1.05 bits per heavy atom. The van der Waals surface area contributed by atoms with Crippen LogP contribution in [-0.2, 0) is 47.7 Å². The Bertz CT molecular complexity index is 1070. The van der Waals surface area contributed by atoms with Crippen LogP contribution in [0.3, 0.4) is 0 Å². The summed E-state index contributed by atoms with van der Waals surface area (Å²) in [5.74, 6) is -4.83. The maximum Gasteiger partial charge on any atom is 0.311 e. The van der Waals surface area contributed by atoms with Gasteiger partial charge in [0.2, 0.25) is 0 Å². The monoisotopic (exact) mass is 578 g/mol. The van der Waals surface area contributed by atoms with Crippen LogP contribution in [0, 0.1) is 23.2 Å². The van der Waals surface area contributed by atoms with Gasteiger partial charge in [0.1, 0.15) is 24.4 Å². The third kappa shape index (κ3) is 6.37. The molecule has 2 aliphatic carbocycles. The summed E-state index contributed by atoms with van der Waals surface area (Å²) in [5, 5.41) is 0. The lowest BCUT2D eigenvalue weighted by Crippen LogP contribution is -2.64. The lowest BCUT2D eigenvalue weighted by molar-refractivity contribution is -0.212. The molecule has 10 heteroatoms. The number of Topliss-reactive ketones (excluding diaryl/α,β-unsaturated/α-hetero) is 1. The number of carbonyl (C=O) groups excluding carboxylic acids is 5. The summed E-state index contributed by atoms with van der Waals surface area (Å²) in [7, 11) is 1.26. The van der Waals surface area contributed by atoms with E-state index in [1.54, 1.807) is 6.92 Å². The molecule has 0 amide bonds. The quantitative estimate of drug-likeness (QED) is 0.169. The van der Waals surface area contributed by atoms with Crippen molar-refractivity contribution in [2.75, 3.05) is 7.11 Å². The standard InChI is InChI=1S/C31H46O10/c1-9-11-25(33)39-21-16-23(38-20(6)32)30(7)22(40-26(34)12-10-2)14-13-17(3)15-24-31(41-24,19(5)29(36)37-8)28(35)27(30)18(21)4/h15,18-19,21-24,27H,9-14,16H2,1-8H3/b17-15-. The molecule has 0 aromatic rings. The van der Waals surface area contributed by atoms with Crippen LogP contribution in [0.4, 0.5) is 0 Å². The van der Waals surface area contributed by atoms with Crippen LogP contribution in [-0.4, -0.2) is 66.8 Å². The van der Waals surface area contributed by atoms with Gasteiger partial charge < -0.3 is 23.7 Å². The summed E-state index contributed by atoms with van der Waals surface area (Å²) in [4.78, 5) is 65.7.